The van der Waals surface area contributed by atoms with Gasteiger partial charge < -0.3 is 4.74 Å². The van der Waals surface area contributed by atoms with Crippen molar-refractivity contribution in [3.05, 3.63) is 51.2 Å². The maximum atomic E-state index is 13.4. The van der Waals surface area contributed by atoms with E-state index in [2.05, 4.69) is 9.97 Å². The summed E-state index contributed by atoms with van der Waals surface area (Å²) >= 11 is 5.51. The number of nitro benzene ring substituents is 1. The van der Waals surface area contributed by atoms with Crippen LogP contribution in [0.25, 0.3) is 0 Å². The zero-order chi connectivity index (χ0) is 14.0. The van der Waals surface area contributed by atoms with E-state index in [1.807, 2.05) is 0 Å². The van der Waals surface area contributed by atoms with Gasteiger partial charge in [0.05, 0.1) is 17.2 Å². The lowest BCUT2D eigenvalue weighted by molar-refractivity contribution is -0.385. The monoisotopic (exact) mass is 283 g/mol. The van der Waals surface area contributed by atoms with Gasteiger partial charge in [0.1, 0.15) is 5.75 Å². The molecule has 0 saturated heterocycles. The molecule has 0 spiro atoms. The first-order valence-electron chi connectivity index (χ1n) is 5.08. The van der Waals surface area contributed by atoms with Crippen molar-refractivity contribution in [2.24, 2.45) is 0 Å². The Labute approximate surface area is 112 Å². The number of hydrogen-bond donors (Lipinski definition) is 0. The van der Waals surface area contributed by atoms with Gasteiger partial charge in [-0.25, -0.2) is 4.98 Å². The second-order valence-corrected chi connectivity index (χ2v) is 3.94. The summed E-state index contributed by atoms with van der Waals surface area (Å²) in [6.45, 7) is 1.59. The second-order valence-electron chi connectivity index (χ2n) is 3.60. The molecule has 1 aromatic carbocycles. The van der Waals surface area contributed by atoms with E-state index in [0.29, 0.717) is 5.56 Å². The van der Waals surface area contributed by atoms with Crippen molar-refractivity contribution in [1.29, 1.82) is 0 Å². The highest BCUT2D eigenvalue weighted by Gasteiger charge is 2.14. The summed E-state index contributed by atoms with van der Waals surface area (Å²) in [6.07, 6.45) is 0.854. The van der Waals surface area contributed by atoms with Crippen LogP contribution in [0, 0.1) is 22.9 Å². The lowest BCUT2D eigenvalue weighted by Crippen LogP contribution is -1.96. The molecular formula is C11H7ClFN3O3. The number of ether oxygens (including phenoxy) is 1. The maximum absolute atomic E-state index is 13.4. The largest absolute Gasteiger partial charge is 0.436 e. The zero-order valence-electron chi connectivity index (χ0n) is 9.63. The van der Waals surface area contributed by atoms with Gasteiger partial charge in [0.15, 0.2) is 0 Å². The van der Waals surface area contributed by atoms with Gasteiger partial charge in [-0.3, -0.25) is 10.1 Å². The molecule has 0 amide bonds. The van der Waals surface area contributed by atoms with Gasteiger partial charge in [-0.15, -0.1) is 0 Å². The summed E-state index contributed by atoms with van der Waals surface area (Å²) in [4.78, 5) is 17.2. The van der Waals surface area contributed by atoms with Crippen molar-refractivity contribution in [2.45, 2.75) is 6.92 Å². The molecule has 0 fully saturated rings. The number of nitro groups is 1. The number of benzene rings is 1. The number of aryl methyl sites for hydroxylation is 1. The Hall–Kier alpha value is -2.28. The van der Waals surface area contributed by atoms with Gasteiger partial charge in [0.25, 0.3) is 11.6 Å². The van der Waals surface area contributed by atoms with Crippen molar-refractivity contribution >= 4 is 17.3 Å². The number of halogens is 2. The average molecular weight is 284 g/mol. The van der Waals surface area contributed by atoms with Crippen LogP contribution in [0.3, 0.4) is 0 Å². The molecule has 0 saturated carbocycles. The fraction of sp³-hybridized carbons (Fsp3) is 0.0909. The molecule has 0 aliphatic rings. The van der Waals surface area contributed by atoms with E-state index >= 15 is 0 Å². The van der Waals surface area contributed by atoms with E-state index in [-0.39, 0.29) is 16.7 Å². The lowest BCUT2D eigenvalue weighted by Gasteiger charge is -2.06. The van der Waals surface area contributed by atoms with Crippen LogP contribution < -0.4 is 4.74 Å². The first-order valence-corrected chi connectivity index (χ1v) is 5.46. The molecule has 8 heteroatoms. The van der Waals surface area contributed by atoms with E-state index < -0.39 is 16.6 Å². The third-order valence-corrected chi connectivity index (χ3v) is 2.46. The molecule has 0 aliphatic heterocycles. The van der Waals surface area contributed by atoms with Crippen molar-refractivity contribution in [3.63, 3.8) is 0 Å². The summed E-state index contributed by atoms with van der Waals surface area (Å²) in [5.41, 5.74) is 0.344. The molecule has 6 nitrogen and oxygen atoms in total. The first kappa shape index (κ1) is 13.2. The van der Waals surface area contributed by atoms with E-state index in [1.165, 1.54) is 18.2 Å². The lowest BCUT2D eigenvalue weighted by atomic mass is 10.2. The van der Waals surface area contributed by atoms with E-state index in [4.69, 9.17) is 16.3 Å². The van der Waals surface area contributed by atoms with Crippen LogP contribution in [0.15, 0.2) is 24.4 Å². The summed E-state index contributed by atoms with van der Waals surface area (Å²) in [5.74, 6) is -1.11. The van der Waals surface area contributed by atoms with Gasteiger partial charge >= 0.3 is 0 Å². The highest BCUT2D eigenvalue weighted by Crippen LogP contribution is 2.28. The Bertz CT molecular complexity index is 651. The quantitative estimate of drug-likeness (QED) is 0.491. The minimum absolute atomic E-state index is 0.0889. The van der Waals surface area contributed by atoms with Crippen LogP contribution in [0.4, 0.5) is 10.1 Å². The highest BCUT2D eigenvalue weighted by molar-refractivity contribution is 6.28. The van der Waals surface area contributed by atoms with Gasteiger partial charge in [-0.2, -0.15) is 9.37 Å². The Balaban J connectivity index is 2.36. The molecule has 2 rings (SSSR count). The Morgan fingerprint density at radius 2 is 2.21 bits per heavy atom. The van der Waals surface area contributed by atoms with Crippen LogP contribution in [-0.2, 0) is 0 Å². The molecule has 0 aliphatic carbocycles. The van der Waals surface area contributed by atoms with E-state index in [1.54, 1.807) is 6.92 Å². The highest BCUT2D eigenvalue weighted by atomic mass is 35.5. The molecule has 19 heavy (non-hydrogen) atoms. The molecule has 0 unspecified atom stereocenters. The minimum Gasteiger partial charge on any atom is -0.436 e. The normalized spacial score (nSPS) is 10.3. The van der Waals surface area contributed by atoms with Gasteiger partial charge in [-0.1, -0.05) is 0 Å². The van der Waals surface area contributed by atoms with Crippen molar-refractivity contribution in [3.8, 4) is 11.6 Å². The van der Waals surface area contributed by atoms with Crippen LogP contribution in [0.1, 0.15) is 5.56 Å². The van der Waals surface area contributed by atoms with Crippen LogP contribution in [0.5, 0.6) is 11.6 Å². The van der Waals surface area contributed by atoms with Crippen molar-refractivity contribution < 1.29 is 14.1 Å². The standard InChI is InChI=1S/C11H7ClFN3O3/c1-6-2-3-7(4-9(6)16(17)18)19-10-8(13)5-14-11(12)15-10/h2-5H,1H3. The SMILES string of the molecule is Cc1ccc(Oc2nc(Cl)ncc2F)cc1[N+](=O)[O-]. The molecule has 98 valence electrons. The summed E-state index contributed by atoms with van der Waals surface area (Å²) in [7, 11) is 0. The molecule has 0 bridgehead atoms. The topological polar surface area (TPSA) is 78.2 Å². The first-order chi connectivity index (χ1) is 8.97. The number of nitrogens with zero attached hydrogens (tertiary/aromatic N) is 3. The fourth-order valence-corrected chi connectivity index (χ4v) is 1.49. The van der Waals surface area contributed by atoms with Crippen LogP contribution in [0.2, 0.25) is 5.28 Å². The number of rotatable bonds is 3. The smallest absolute Gasteiger partial charge is 0.276 e. The maximum Gasteiger partial charge on any atom is 0.276 e. The Morgan fingerprint density at radius 3 is 2.89 bits per heavy atom. The van der Waals surface area contributed by atoms with Crippen LogP contribution >= 0.6 is 11.6 Å². The van der Waals surface area contributed by atoms with E-state index in [0.717, 1.165) is 6.20 Å². The van der Waals surface area contributed by atoms with Crippen LogP contribution in [-0.4, -0.2) is 14.9 Å². The number of hydrogen-bond acceptors (Lipinski definition) is 5. The average Bonchev–Trinajstić information content (AvgIpc) is 2.36. The molecule has 1 heterocycles. The summed E-state index contributed by atoms with van der Waals surface area (Å²) in [5, 5.41) is 10.6. The fourth-order valence-electron chi connectivity index (χ4n) is 1.36. The molecule has 0 N–H and O–H groups in total. The predicted octanol–water partition coefficient (Wildman–Crippen LogP) is 3.28. The Morgan fingerprint density at radius 1 is 1.47 bits per heavy atom. The van der Waals surface area contributed by atoms with Gasteiger partial charge in [0.2, 0.25) is 11.1 Å². The minimum atomic E-state index is -0.812. The molecule has 0 atom stereocenters. The number of aromatic nitrogens is 2. The molecule has 0 radical (unpaired) electrons. The zero-order valence-corrected chi connectivity index (χ0v) is 10.4. The van der Waals surface area contributed by atoms with E-state index in [9.17, 15) is 14.5 Å². The third-order valence-electron chi connectivity index (χ3n) is 2.27. The predicted molar refractivity (Wildman–Crippen MR) is 64.9 cm³/mol. The molecule has 1 aromatic heterocycles. The van der Waals surface area contributed by atoms with Gasteiger partial charge in [-0.05, 0) is 30.7 Å². The summed E-state index contributed by atoms with van der Waals surface area (Å²) < 4.78 is 18.5. The van der Waals surface area contributed by atoms with Gasteiger partial charge in [0, 0.05) is 5.56 Å². The third kappa shape index (κ3) is 2.94. The molecule has 2 aromatic rings. The van der Waals surface area contributed by atoms with Crippen molar-refractivity contribution in [2.75, 3.05) is 0 Å². The van der Waals surface area contributed by atoms with Crippen molar-refractivity contribution in [1.82, 2.24) is 9.97 Å². The summed E-state index contributed by atoms with van der Waals surface area (Å²) in [6, 6.07) is 4.15. The Kier molecular flexibility index (Phi) is 3.57. The second kappa shape index (κ2) is 5.15. The molecular weight excluding hydrogens is 277 g/mol.